The third-order valence-electron chi connectivity index (χ3n) is 5.01. The number of aliphatic carboxylic acids is 1. The number of carbonyl (C=O) groups is 3. The van der Waals surface area contributed by atoms with Crippen LogP contribution >= 0.6 is 0 Å². The largest absolute Gasteiger partial charge is 0.477 e. The second kappa shape index (κ2) is 4.91. The molecule has 0 radical (unpaired) electrons. The van der Waals surface area contributed by atoms with E-state index >= 15 is 0 Å². The Hall–Kier alpha value is -2.67. The van der Waals surface area contributed by atoms with Gasteiger partial charge in [-0.15, -0.1) is 0 Å². The Labute approximate surface area is 137 Å². The third kappa shape index (κ3) is 1.91. The minimum absolute atomic E-state index is 0.0147. The zero-order chi connectivity index (χ0) is 17.2. The van der Waals surface area contributed by atoms with Crippen LogP contribution in [0.5, 0.6) is 0 Å². The van der Waals surface area contributed by atoms with Gasteiger partial charge in [0.25, 0.3) is 0 Å². The maximum absolute atomic E-state index is 12.2. The van der Waals surface area contributed by atoms with Crippen molar-refractivity contribution in [2.45, 2.75) is 31.9 Å². The number of benzene rings is 1. The van der Waals surface area contributed by atoms with Crippen molar-refractivity contribution in [3.8, 4) is 0 Å². The van der Waals surface area contributed by atoms with Crippen LogP contribution in [0.15, 0.2) is 23.9 Å². The molecule has 0 aromatic heterocycles. The number of hydrogen-bond donors (Lipinski definition) is 3. The highest BCUT2D eigenvalue weighted by atomic mass is 16.4. The molecule has 0 saturated carbocycles. The first kappa shape index (κ1) is 14.9. The average molecular weight is 328 g/mol. The Bertz CT molecular complexity index is 826. The van der Waals surface area contributed by atoms with Crippen molar-refractivity contribution in [3.63, 3.8) is 0 Å². The monoisotopic (exact) mass is 328 g/mol. The standard InChI is InChI=1S/C17H16N2O5/c1-7(20)14-12-6-10(15(17(23)24)19(12)16(14)22)8-2-3-11-9(4-8)5-13(21)18-11/h2-4,7,12,14,20H,5-6H2,1H3,(H,18,21)(H,23,24)/t7-,12-,14-/m1/s1. The molecule has 0 bridgehead atoms. The molecule has 1 fully saturated rings. The number of carboxylic acids is 1. The fourth-order valence-corrected chi connectivity index (χ4v) is 3.94. The lowest BCUT2D eigenvalue weighted by Crippen LogP contribution is -2.61. The second-order valence-electron chi connectivity index (χ2n) is 6.48. The van der Waals surface area contributed by atoms with Crippen molar-refractivity contribution >= 4 is 29.0 Å². The molecule has 24 heavy (non-hydrogen) atoms. The maximum Gasteiger partial charge on any atom is 0.352 e. The fourth-order valence-electron chi connectivity index (χ4n) is 3.94. The number of aliphatic hydroxyl groups is 1. The van der Waals surface area contributed by atoms with E-state index in [4.69, 9.17) is 0 Å². The third-order valence-corrected chi connectivity index (χ3v) is 5.01. The molecule has 3 aliphatic heterocycles. The molecule has 0 spiro atoms. The summed E-state index contributed by atoms with van der Waals surface area (Å²) >= 11 is 0. The summed E-state index contributed by atoms with van der Waals surface area (Å²) in [6, 6.07) is 5.01. The van der Waals surface area contributed by atoms with Gasteiger partial charge in [-0.2, -0.15) is 0 Å². The quantitative estimate of drug-likeness (QED) is 0.704. The number of carbonyl (C=O) groups excluding carboxylic acids is 2. The van der Waals surface area contributed by atoms with Crippen LogP contribution in [0.3, 0.4) is 0 Å². The summed E-state index contributed by atoms with van der Waals surface area (Å²) in [5.74, 6) is -2.15. The zero-order valence-corrected chi connectivity index (χ0v) is 12.9. The molecule has 3 heterocycles. The lowest BCUT2D eigenvalue weighted by atomic mass is 9.82. The molecule has 0 unspecified atom stereocenters. The number of carboxylic acid groups (broad SMARTS) is 1. The van der Waals surface area contributed by atoms with Gasteiger partial charge in [0.2, 0.25) is 11.8 Å². The lowest BCUT2D eigenvalue weighted by Gasteiger charge is -2.44. The van der Waals surface area contributed by atoms with Crippen molar-refractivity contribution in [1.29, 1.82) is 0 Å². The molecule has 2 amide bonds. The lowest BCUT2D eigenvalue weighted by molar-refractivity contribution is -0.161. The van der Waals surface area contributed by atoms with Gasteiger partial charge in [0.15, 0.2) is 0 Å². The van der Waals surface area contributed by atoms with Crippen molar-refractivity contribution in [2.24, 2.45) is 5.92 Å². The highest BCUT2D eigenvalue weighted by Gasteiger charge is 2.56. The molecule has 124 valence electrons. The summed E-state index contributed by atoms with van der Waals surface area (Å²) in [6.07, 6.45) is -0.153. The van der Waals surface area contributed by atoms with E-state index in [-0.39, 0.29) is 30.0 Å². The summed E-state index contributed by atoms with van der Waals surface area (Å²) < 4.78 is 0. The molecular weight excluding hydrogens is 312 g/mol. The van der Waals surface area contributed by atoms with E-state index in [2.05, 4.69) is 5.32 Å². The Morgan fingerprint density at radius 2 is 2.12 bits per heavy atom. The maximum atomic E-state index is 12.2. The van der Waals surface area contributed by atoms with E-state index in [0.717, 1.165) is 11.3 Å². The van der Waals surface area contributed by atoms with Crippen molar-refractivity contribution in [2.75, 3.05) is 5.32 Å². The molecule has 3 N–H and O–H groups in total. The van der Waals surface area contributed by atoms with Crippen LogP contribution in [0.4, 0.5) is 5.69 Å². The Balaban J connectivity index is 1.75. The van der Waals surface area contributed by atoms with Gasteiger partial charge in [-0.3, -0.25) is 9.59 Å². The van der Waals surface area contributed by atoms with Gasteiger partial charge in [-0.25, -0.2) is 4.79 Å². The Morgan fingerprint density at radius 1 is 1.38 bits per heavy atom. The van der Waals surface area contributed by atoms with Crippen LogP contribution in [-0.4, -0.2) is 45.0 Å². The van der Waals surface area contributed by atoms with Crippen LogP contribution in [0, 0.1) is 5.92 Å². The van der Waals surface area contributed by atoms with Crippen molar-refractivity contribution in [1.82, 2.24) is 4.90 Å². The number of rotatable bonds is 3. The summed E-state index contributed by atoms with van der Waals surface area (Å²) in [6.45, 7) is 1.55. The van der Waals surface area contributed by atoms with Crippen molar-refractivity contribution in [3.05, 3.63) is 35.0 Å². The van der Waals surface area contributed by atoms with Gasteiger partial charge in [-0.05, 0) is 42.2 Å². The van der Waals surface area contributed by atoms with E-state index in [1.165, 1.54) is 4.90 Å². The predicted molar refractivity (Wildman–Crippen MR) is 83.8 cm³/mol. The molecule has 1 saturated heterocycles. The minimum Gasteiger partial charge on any atom is -0.477 e. The van der Waals surface area contributed by atoms with Gasteiger partial charge in [0.05, 0.1) is 24.5 Å². The summed E-state index contributed by atoms with van der Waals surface area (Å²) in [5.41, 5.74) is 2.82. The number of fused-ring (bicyclic) bond motifs is 2. The topological polar surface area (TPSA) is 107 Å². The van der Waals surface area contributed by atoms with Crippen LogP contribution in [0.1, 0.15) is 24.5 Å². The molecule has 7 nitrogen and oxygen atoms in total. The van der Waals surface area contributed by atoms with Gasteiger partial charge in [0, 0.05) is 5.69 Å². The van der Waals surface area contributed by atoms with Crippen LogP contribution in [0.25, 0.3) is 5.57 Å². The van der Waals surface area contributed by atoms with Gasteiger partial charge >= 0.3 is 5.97 Å². The van der Waals surface area contributed by atoms with Crippen LogP contribution in [0.2, 0.25) is 0 Å². The molecule has 4 rings (SSSR count). The molecule has 3 atom stereocenters. The fraction of sp³-hybridized carbons (Fsp3) is 0.353. The number of nitrogens with one attached hydrogen (secondary N) is 1. The van der Waals surface area contributed by atoms with Crippen molar-refractivity contribution < 1.29 is 24.6 Å². The highest BCUT2D eigenvalue weighted by Crippen LogP contribution is 2.47. The van der Waals surface area contributed by atoms with Gasteiger partial charge in [-0.1, -0.05) is 6.07 Å². The van der Waals surface area contributed by atoms with Gasteiger partial charge < -0.3 is 20.4 Å². The van der Waals surface area contributed by atoms with E-state index < -0.39 is 18.0 Å². The second-order valence-corrected chi connectivity index (χ2v) is 6.48. The Morgan fingerprint density at radius 3 is 2.79 bits per heavy atom. The van der Waals surface area contributed by atoms with Gasteiger partial charge in [0.1, 0.15) is 5.70 Å². The van der Waals surface area contributed by atoms with E-state index in [9.17, 15) is 24.6 Å². The van der Waals surface area contributed by atoms with Crippen LogP contribution in [-0.2, 0) is 20.8 Å². The normalized spacial score (nSPS) is 26.0. The Kier molecular flexibility index (Phi) is 3.05. The number of amides is 2. The SMILES string of the molecule is C[C@@H](O)[C@H]1C(=O)N2C(C(=O)O)=C(c3ccc4c(c3)CC(=O)N4)C[C@H]12. The first-order valence-electron chi connectivity index (χ1n) is 7.79. The first-order valence-corrected chi connectivity index (χ1v) is 7.79. The highest BCUT2D eigenvalue weighted by molar-refractivity contribution is 6.06. The minimum atomic E-state index is -1.15. The average Bonchev–Trinajstić information content (AvgIpc) is 3.02. The van der Waals surface area contributed by atoms with E-state index in [0.29, 0.717) is 17.6 Å². The molecule has 0 aliphatic carbocycles. The first-order chi connectivity index (χ1) is 11.4. The van der Waals surface area contributed by atoms with Crippen LogP contribution < -0.4 is 5.32 Å². The van der Waals surface area contributed by atoms with E-state index in [1.54, 1.807) is 25.1 Å². The smallest absolute Gasteiger partial charge is 0.352 e. The van der Waals surface area contributed by atoms with E-state index in [1.807, 2.05) is 0 Å². The molecule has 3 aliphatic rings. The number of aliphatic hydroxyl groups excluding tert-OH is 1. The number of anilines is 1. The molecule has 1 aromatic carbocycles. The number of nitrogens with zero attached hydrogens (tertiary/aromatic N) is 1. The summed E-state index contributed by atoms with van der Waals surface area (Å²) in [4.78, 5) is 36.7. The molecule has 1 aromatic rings. The molecule has 7 heteroatoms. The summed E-state index contributed by atoms with van der Waals surface area (Å²) in [7, 11) is 0. The number of hydrogen-bond acceptors (Lipinski definition) is 4. The zero-order valence-electron chi connectivity index (χ0n) is 12.9. The number of β-lactam (4-membered cyclic amide) rings is 1. The summed E-state index contributed by atoms with van der Waals surface area (Å²) in [5, 5.41) is 22.1. The predicted octanol–water partition coefficient (Wildman–Crippen LogP) is 0.588. The molecular formula is C17H16N2O5.